The van der Waals surface area contributed by atoms with Gasteiger partial charge in [0.1, 0.15) is 5.82 Å². The van der Waals surface area contributed by atoms with Gasteiger partial charge in [0.2, 0.25) is 0 Å². The molecule has 0 aliphatic carbocycles. The van der Waals surface area contributed by atoms with E-state index in [4.69, 9.17) is 24.6 Å². The number of benzene rings is 1. The molecule has 1 atom stereocenters. The first-order chi connectivity index (χ1) is 20.0. The summed E-state index contributed by atoms with van der Waals surface area (Å²) in [6.45, 7) is 8.67. The fourth-order valence-electron chi connectivity index (χ4n) is 4.31. The molecule has 228 valence electrons. The van der Waals surface area contributed by atoms with Gasteiger partial charge in [0.15, 0.2) is 11.6 Å². The lowest BCUT2D eigenvalue weighted by Gasteiger charge is -2.22. The van der Waals surface area contributed by atoms with Crippen molar-refractivity contribution in [3.63, 3.8) is 0 Å². The van der Waals surface area contributed by atoms with Crippen molar-refractivity contribution in [2.75, 3.05) is 38.7 Å². The molecule has 2 aromatic rings. The van der Waals surface area contributed by atoms with E-state index in [2.05, 4.69) is 22.0 Å². The van der Waals surface area contributed by atoms with Crippen LogP contribution in [0.25, 0.3) is 0 Å². The number of nitrogens with zero attached hydrogens (tertiary/aromatic N) is 1. The molecule has 4 N–H and O–H groups in total. The standard InChI is InChI=1S/C31H42FN5O5/c1-6-41-28(38)17-26(21-10-12-27(40-5)24(32)16-21)37-30(39)23(25(33)19-42-31(2,3)4)18-34-15-13-22-11-9-20-8-7-14-35-29(20)36-22/h9-12,16,18,26,33-34H,6-8,13-15,17,19H2,1-5H3,(H,35,36)(H,37,39)/b23-18+,33-25?/t26-/m0/s1. The van der Waals surface area contributed by atoms with Crippen molar-refractivity contribution in [1.82, 2.24) is 15.6 Å². The second-order valence-electron chi connectivity index (χ2n) is 10.9. The topological polar surface area (TPSA) is 135 Å². The number of rotatable bonds is 14. The third-order valence-corrected chi connectivity index (χ3v) is 6.50. The lowest BCUT2D eigenvalue weighted by Crippen LogP contribution is -2.36. The summed E-state index contributed by atoms with van der Waals surface area (Å²) < 4.78 is 30.4. The second kappa shape index (κ2) is 15.3. The molecular weight excluding hydrogens is 541 g/mol. The molecule has 0 spiro atoms. The number of hydrogen-bond acceptors (Lipinski definition) is 9. The van der Waals surface area contributed by atoms with E-state index < -0.39 is 29.3 Å². The highest BCUT2D eigenvalue weighted by Gasteiger charge is 2.25. The van der Waals surface area contributed by atoms with Crippen LogP contribution in [-0.4, -0.2) is 61.6 Å². The van der Waals surface area contributed by atoms with Crippen LogP contribution in [0.1, 0.15) is 63.4 Å². The van der Waals surface area contributed by atoms with Crippen molar-refractivity contribution in [2.24, 2.45) is 0 Å². The highest BCUT2D eigenvalue weighted by Crippen LogP contribution is 2.25. The Kier molecular flexibility index (Phi) is 11.8. The molecule has 3 rings (SSSR count). The third-order valence-electron chi connectivity index (χ3n) is 6.50. The summed E-state index contributed by atoms with van der Waals surface area (Å²) in [5.74, 6) is -0.853. The van der Waals surface area contributed by atoms with Crippen LogP contribution in [0, 0.1) is 11.2 Å². The first-order valence-electron chi connectivity index (χ1n) is 14.2. The van der Waals surface area contributed by atoms with Crippen LogP contribution >= 0.6 is 0 Å². The van der Waals surface area contributed by atoms with Crippen molar-refractivity contribution < 1.29 is 28.2 Å². The number of ether oxygens (including phenoxy) is 3. The molecule has 1 aromatic heterocycles. The van der Waals surface area contributed by atoms with Gasteiger partial charge in [-0.3, -0.25) is 9.59 Å². The van der Waals surface area contributed by atoms with Gasteiger partial charge in [0.25, 0.3) is 5.91 Å². The minimum Gasteiger partial charge on any atom is -0.494 e. The van der Waals surface area contributed by atoms with Gasteiger partial charge in [-0.05, 0) is 69.9 Å². The van der Waals surface area contributed by atoms with Crippen LogP contribution in [-0.2, 0) is 31.9 Å². The Balaban J connectivity index is 1.78. The fourth-order valence-corrected chi connectivity index (χ4v) is 4.31. The number of nitrogens with one attached hydrogen (secondary N) is 4. The zero-order valence-electron chi connectivity index (χ0n) is 25.1. The van der Waals surface area contributed by atoms with Crippen LogP contribution in [0.5, 0.6) is 5.75 Å². The van der Waals surface area contributed by atoms with Gasteiger partial charge in [0, 0.05) is 31.4 Å². The molecule has 11 heteroatoms. The summed E-state index contributed by atoms with van der Waals surface area (Å²) in [6.07, 6.45) is 3.94. The minimum atomic E-state index is -0.913. The summed E-state index contributed by atoms with van der Waals surface area (Å²) >= 11 is 0. The maximum Gasteiger partial charge on any atom is 0.308 e. The molecule has 0 saturated heterocycles. The Hall–Kier alpha value is -3.99. The highest BCUT2D eigenvalue weighted by atomic mass is 19.1. The first-order valence-corrected chi connectivity index (χ1v) is 14.2. The van der Waals surface area contributed by atoms with Gasteiger partial charge in [0.05, 0.1) is 49.7 Å². The number of amides is 1. The van der Waals surface area contributed by atoms with Gasteiger partial charge < -0.3 is 35.6 Å². The van der Waals surface area contributed by atoms with Crippen LogP contribution in [0.15, 0.2) is 42.1 Å². The van der Waals surface area contributed by atoms with E-state index >= 15 is 0 Å². The maximum absolute atomic E-state index is 14.5. The largest absolute Gasteiger partial charge is 0.494 e. The van der Waals surface area contributed by atoms with Crippen molar-refractivity contribution in [2.45, 2.75) is 65.0 Å². The maximum atomic E-state index is 14.5. The smallest absolute Gasteiger partial charge is 0.308 e. The molecule has 0 bridgehead atoms. The first kappa shape index (κ1) is 32.5. The molecule has 10 nitrogen and oxygen atoms in total. The molecule has 0 saturated carbocycles. The van der Waals surface area contributed by atoms with Gasteiger partial charge in [-0.2, -0.15) is 0 Å². The molecule has 1 aromatic carbocycles. The fraction of sp³-hybridized carbons (Fsp3) is 0.484. The van der Waals surface area contributed by atoms with Gasteiger partial charge in [-0.1, -0.05) is 12.1 Å². The number of aryl methyl sites for hydroxylation is 1. The van der Waals surface area contributed by atoms with Crippen molar-refractivity contribution in [1.29, 1.82) is 5.41 Å². The minimum absolute atomic E-state index is 0.0298. The van der Waals surface area contributed by atoms with E-state index in [1.165, 1.54) is 31.0 Å². The van der Waals surface area contributed by atoms with Crippen LogP contribution < -0.4 is 20.7 Å². The monoisotopic (exact) mass is 583 g/mol. The average Bonchev–Trinajstić information content (AvgIpc) is 2.95. The Morgan fingerprint density at radius 3 is 2.71 bits per heavy atom. The zero-order chi connectivity index (χ0) is 30.7. The molecular formula is C31H42FN5O5. The zero-order valence-corrected chi connectivity index (χ0v) is 25.1. The van der Waals surface area contributed by atoms with E-state index in [0.29, 0.717) is 18.5 Å². The number of methoxy groups -OCH3 is 1. The van der Waals surface area contributed by atoms with E-state index in [0.717, 1.165) is 30.9 Å². The van der Waals surface area contributed by atoms with E-state index in [1.54, 1.807) is 13.0 Å². The van der Waals surface area contributed by atoms with Crippen molar-refractivity contribution in [3.05, 3.63) is 64.7 Å². The van der Waals surface area contributed by atoms with Crippen molar-refractivity contribution >= 4 is 23.4 Å². The normalized spacial score (nSPS) is 13.8. The number of aromatic nitrogens is 1. The highest BCUT2D eigenvalue weighted by molar-refractivity contribution is 6.21. The summed E-state index contributed by atoms with van der Waals surface area (Å²) in [6, 6.07) is 7.38. The van der Waals surface area contributed by atoms with E-state index in [9.17, 15) is 14.0 Å². The van der Waals surface area contributed by atoms with Crippen LogP contribution in [0.3, 0.4) is 0 Å². The average molecular weight is 584 g/mol. The molecule has 1 aliphatic heterocycles. The molecule has 1 amide bonds. The lowest BCUT2D eigenvalue weighted by molar-refractivity contribution is -0.143. The summed E-state index contributed by atoms with van der Waals surface area (Å²) in [5.41, 5.74) is 1.91. The molecule has 2 heterocycles. The Labute approximate surface area is 246 Å². The number of fused-ring (bicyclic) bond motifs is 1. The molecule has 0 radical (unpaired) electrons. The molecule has 0 fully saturated rings. The molecule has 42 heavy (non-hydrogen) atoms. The van der Waals surface area contributed by atoms with Crippen LogP contribution in [0.4, 0.5) is 10.2 Å². The Bertz CT molecular complexity index is 1290. The Morgan fingerprint density at radius 1 is 1.24 bits per heavy atom. The number of esters is 1. The van der Waals surface area contributed by atoms with Gasteiger partial charge in [-0.15, -0.1) is 0 Å². The third kappa shape index (κ3) is 9.83. The summed E-state index contributed by atoms with van der Waals surface area (Å²) in [5, 5.41) is 17.9. The van der Waals surface area contributed by atoms with Gasteiger partial charge in [-0.25, -0.2) is 9.37 Å². The summed E-state index contributed by atoms with van der Waals surface area (Å²) in [4.78, 5) is 30.6. The predicted molar refractivity (Wildman–Crippen MR) is 159 cm³/mol. The number of pyridine rings is 1. The SMILES string of the molecule is CCOC(=O)C[C@H](NC(=O)/C(=C/NCCc1ccc2c(n1)NCCC2)C(=N)COC(C)(C)C)c1ccc(OC)c(F)c1. The molecule has 1 aliphatic rings. The van der Waals surface area contributed by atoms with Crippen molar-refractivity contribution in [3.8, 4) is 5.75 Å². The quantitative estimate of drug-likeness (QED) is 0.112. The van der Waals surface area contributed by atoms with Crippen LogP contribution in [0.2, 0.25) is 0 Å². The predicted octanol–water partition coefficient (Wildman–Crippen LogP) is 4.25. The number of hydrogen-bond donors (Lipinski definition) is 4. The van der Waals surface area contributed by atoms with E-state index in [1.807, 2.05) is 26.8 Å². The number of carbonyl (C=O) groups excluding carboxylic acids is 2. The lowest BCUT2D eigenvalue weighted by atomic mass is 10.0. The number of carbonyl (C=O) groups is 2. The molecule has 0 unspecified atom stereocenters. The number of halogens is 1. The second-order valence-corrected chi connectivity index (χ2v) is 10.9. The van der Waals surface area contributed by atoms with E-state index in [-0.39, 0.29) is 36.7 Å². The number of anilines is 1. The Morgan fingerprint density at radius 2 is 2.02 bits per heavy atom. The summed E-state index contributed by atoms with van der Waals surface area (Å²) in [7, 11) is 1.35. The van der Waals surface area contributed by atoms with Gasteiger partial charge >= 0.3 is 5.97 Å².